The molecule has 0 N–H and O–H groups in total. The summed E-state index contributed by atoms with van der Waals surface area (Å²) in [5, 5.41) is -0.206. The van der Waals surface area contributed by atoms with E-state index < -0.39 is 23.4 Å². The molecule has 0 aliphatic carbocycles. The third-order valence-corrected chi connectivity index (χ3v) is 6.56. The summed E-state index contributed by atoms with van der Waals surface area (Å²) in [4.78, 5) is 22.6. The molecule has 3 heterocycles. The van der Waals surface area contributed by atoms with Crippen molar-refractivity contribution in [2.75, 3.05) is 50.1 Å². The minimum absolute atomic E-state index is 0.149. The van der Waals surface area contributed by atoms with Crippen molar-refractivity contribution in [3.63, 3.8) is 0 Å². The molecule has 4 aromatic rings. The van der Waals surface area contributed by atoms with Crippen LogP contribution in [0.1, 0.15) is 5.56 Å². The highest BCUT2D eigenvalue weighted by atomic mass is 19.4. The van der Waals surface area contributed by atoms with Gasteiger partial charge in [-0.05, 0) is 50.0 Å². The van der Waals surface area contributed by atoms with Crippen molar-refractivity contribution < 1.29 is 22.3 Å². The molecule has 7 nitrogen and oxygen atoms in total. The Morgan fingerprint density at radius 3 is 2.28 bits per heavy atom. The number of alkyl halides is 3. The van der Waals surface area contributed by atoms with Gasteiger partial charge in [0.25, 0.3) is 0 Å². The van der Waals surface area contributed by atoms with Gasteiger partial charge in [-0.2, -0.15) is 0 Å². The zero-order valence-electron chi connectivity index (χ0n) is 21.5. The van der Waals surface area contributed by atoms with Gasteiger partial charge < -0.3 is 24.0 Å². The molecule has 0 amide bonds. The average Bonchev–Trinajstić information content (AvgIpc) is 2.89. The molecular formula is C28H27F4N5O2. The maximum absolute atomic E-state index is 15.6. The summed E-state index contributed by atoms with van der Waals surface area (Å²) < 4.78 is 62.8. The maximum Gasteiger partial charge on any atom is 0.573 e. The van der Waals surface area contributed by atoms with Crippen LogP contribution in [-0.4, -0.2) is 61.1 Å². The summed E-state index contributed by atoms with van der Waals surface area (Å²) >= 11 is 0. The number of rotatable bonds is 6. The summed E-state index contributed by atoms with van der Waals surface area (Å²) in [5.74, 6) is -0.961. The molecule has 1 saturated heterocycles. The largest absolute Gasteiger partial charge is 0.573 e. The third-order valence-electron chi connectivity index (χ3n) is 6.56. The van der Waals surface area contributed by atoms with Crippen molar-refractivity contribution >= 4 is 22.4 Å². The molecule has 1 aliphatic rings. The topological polar surface area (TPSA) is 53.8 Å². The number of pyridine rings is 2. The molecule has 2 aromatic heterocycles. The van der Waals surface area contributed by atoms with Crippen LogP contribution in [0.4, 0.5) is 29.1 Å². The monoisotopic (exact) mass is 541 g/mol. The van der Waals surface area contributed by atoms with E-state index in [2.05, 4.69) is 9.72 Å². The van der Waals surface area contributed by atoms with Gasteiger partial charge in [0.2, 0.25) is 0 Å². The zero-order valence-corrected chi connectivity index (χ0v) is 21.5. The fourth-order valence-corrected chi connectivity index (χ4v) is 4.89. The number of aromatic nitrogens is 2. The number of hydrogen-bond acceptors (Lipinski definition) is 6. The molecule has 39 heavy (non-hydrogen) atoms. The maximum atomic E-state index is 15.6. The van der Waals surface area contributed by atoms with Crippen LogP contribution >= 0.6 is 0 Å². The third kappa shape index (κ3) is 5.68. The van der Waals surface area contributed by atoms with Crippen LogP contribution in [0.15, 0.2) is 71.8 Å². The van der Waals surface area contributed by atoms with Gasteiger partial charge in [-0.25, -0.2) is 9.37 Å². The second kappa shape index (κ2) is 10.6. The van der Waals surface area contributed by atoms with Crippen LogP contribution in [0.25, 0.3) is 16.6 Å². The van der Waals surface area contributed by atoms with Crippen molar-refractivity contribution in [1.29, 1.82) is 0 Å². The standard InChI is InChI=1S/C28H27F4N5O2/c1-34(2)18-19-6-8-20(9-7-19)37-12-10-23(38)21-17-22(29)26(27(25(21)37)39-28(30,31)32)36-15-13-35(14-16-36)24-5-3-4-11-33-24/h3-12,17H,13-16,18H2,1-2H3. The Morgan fingerprint density at radius 2 is 1.67 bits per heavy atom. The Bertz CT molecular complexity index is 1510. The van der Waals surface area contributed by atoms with E-state index in [9.17, 15) is 18.0 Å². The lowest BCUT2D eigenvalue weighted by atomic mass is 10.1. The molecule has 11 heteroatoms. The number of nitrogens with zero attached hydrogens (tertiary/aromatic N) is 5. The molecule has 0 saturated carbocycles. The Hall–Kier alpha value is -4.12. The lowest BCUT2D eigenvalue weighted by molar-refractivity contribution is -0.274. The van der Waals surface area contributed by atoms with Crippen LogP contribution < -0.4 is 20.0 Å². The highest BCUT2D eigenvalue weighted by molar-refractivity contribution is 5.92. The van der Waals surface area contributed by atoms with Gasteiger partial charge >= 0.3 is 6.36 Å². The van der Waals surface area contributed by atoms with Gasteiger partial charge in [0.15, 0.2) is 17.0 Å². The number of piperazine rings is 1. The van der Waals surface area contributed by atoms with Crippen molar-refractivity contribution in [3.05, 3.63) is 88.6 Å². The number of anilines is 2. The first kappa shape index (κ1) is 26.5. The van der Waals surface area contributed by atoms with Crippen molar-refractivity contribution in [2.24, 2.45) is 0 Å². The highest BCUT2D eigenvalue weighted by Gasteiger charge is 2.37. The van der Waals surface area contributed by atoms with Crippen LogP contribution in [-0.2, 0) is 6.54 Å². The fraction of sp³-hybridized carbons (Fsp3) is 0.286. The Morgan fingerprint density at radius 1 is 0.974 bits per heavy atom. The van der Waals surface area contributed by atoms with Crippen LogP contribution in [0.2, 0.25) is 0 Å². The molecular weight excluding hydrogens is 514 g/mol. The lowest BCUT2D eigenvalue weighted by Crippen LogP contribution is -2.47. The van der Waals surface area contributed by atoms with Crippen LogP contribution in [0, 0.1) is 5.82 Å². The molecule has 2 aromatic carbocycles. The molecule has 0 radical (unpaired) electrons. The van der Waals surface area contributed by atoms with Gasteiger partial charge in [0.1, 0.15) is 17.0 Å². The quantitative estimate of drug-likeness (QED) is 0.327. The van der Waals surface area contributed by atoms with E-state index in [0.29, 0.717) is 25.3 Å². The minimum Gasteiger partial charge on any atom is -0.401 e. The second-order valence-corrected chi connectivity index (χ2v) is 9.60. The fourth-order valence-electron chi connectivity index (χ4n) is 4.89. The molecule has 0 atom stereocenters. The molecule has 1 fully saturated rings. The first-order valence-corrected chi connectivity index (χ1v) is 12.4. The number of fused-ring (bicyclic) bond motifs is 1. The van der Waals surface area contributed by atoms with E-state index in [0.717, 1.165) is 17.4 Å². The molecule has 0 unspecified atom stereocenters. The second-order valence-electron chi connectivity index (χ2n) is 9.60. The van der Waals surface area contributed by atoms with E-state index >= 15 is 4.39 Å². The van der Waals surface area contributed by atoms with Crippen LogP contribution in [0.5, 0.6) is 5.75 Å². The Labute approximate surface area is 222 Å². The summed E-state index contributed by atoms with van der Waals surface area (Å²) in [5.41, 5.74) is 0.418. The van der Waals surface area contributed by atoms with Crippen LogP contribution in [0.3, 0.4) is 0 Å². The van der Waals surface area contributed by atoms with Gasteiger partial charge in [-0.1, -0.05) is 18.2 Å². The van der Waals surface area contributed by atoms with E-state index in [1.54, 1.807) is 24.4 Å². The highest BCUT2D eigenvalue weighted by Crippen LogP contribution is 2.42. The van der Waals surface area contributed by atoms with Crippen molar-refractivity contribution in [2.45, 2.75) is 12.9 Å². The summed E-state index contributed by atoms with van der Waals surface area (Å²) in [6, 6.07) is 14.9. The molecule has 0 bridgehead atoms. The van der Waals surface area contributed by atoms with E-state index in [4.69, 9.17) is 0 Å². The summed E-state index contributed by atoms with van der Waals surface area (Å²) in [6.07, 6.45) is -2.07. The number of benzene rings is 2. The van der Waals surface area contributed by atoms with Gasteiger partial charge in [-0.15, -0.1) is 13.2 Å². The smallest absolute Gasteiger partial charge is 0.401 e. The molecule has 0 spiro atoms. The van der Waals surface area contributed by atoms with Gasteiger partial charge in [0, 0.05) is 56.9 Å². The first-order chi connectivity index (χ1) is 18.6. The molecule has 204 valence electrons. The molecule has 1 aliphatic heterocycles. The Kier molecular flexibility index (Phi) is 7.17. The lowest BCUT2D eigenvalue weighted by Gasteiger charge is -2.37. The van der Waals surface area contributed by atoms with E-state index in [1.165, 1.54) is 21.7 Å². The Balaban J connectivity index is 1.63. The van der Waals surface area contributed by atoms with E-state index in [-0.39, 0.29) is 29.7 Å². The minimum atomic E-state index is -5.11. The predicted molar refractivity (Wildman–Crippen MR) is 142 cm³/mol. The van der Waals surface area contributed by atoms with Crippen molar-refractivity contribution in [1.82, 2.24) is 14.5 Å². The summed E-state index contributed by atoms with van der Waals surface area (Å²) in [6.45, 7) is 1.95. The van der Waals surface area contributed by atoms with Gasteiger partial charge in [0.05, 0.1) is 5.39 Å². The predicted octanol–water partition coefficient (Wildman–Crippen LogP) is 4.81. The first-order valence-electron chi connectivity index (χ1n) is 12.4. The van der Waals surface area contributed by atoms with E-state index in [1.807, 2.05) is 48.2 Å². The zero-order chi connectivity index (χ0) is 27.7. The van der Waals surface area contributed by atoms with Crippen molar-refractivity contribution in [3.8, 4) is 11.4 Å². The number of halogens is 4. The normalized spacial score (nSPS) is 14.3. The molecule has 5 rings (SSSR count). The SMILES string of the molecule is CN(C)Cc1ccc(-n2ccc(=O)c3cc(F)c(N4CCN(c5ccccn5)CC4)c(OC(F)(F)F)c32)cc1. The average molecular weight is 542 g/mol. The number of hydrogen-bond donors (Lipinski definition) is 0. The summed E-state index contributed by atoms with van der Waals surface area (Å²) in [7, 11) is 3.85. The number of ether oxygens (including phenoxy) is 1. The van der Waals surface area contributed by atoms with Gasteiger partial charge in [-0.3, -0.25) is 4.79 Å².